The molecule has 1 aliphatic rings. The standard InChI is InChI=1S/C24H24N6O2/c1-3-14-10-15(27-24(31)21-13(2)16-6-4-5-7-19(16)32-21)11-17(14)23-29-28-20-12-26-22-18(30(20)23)8-9-25-22/h4-9,12,14-15,17,25H,3,10-11H2,1-2H3,(H,27,31)/t14-,15+,17+/m1/s1. The van der Waals surface area contributed by atoms with Gasteiger partial charge >= 0.3 is 0 Å². The van der Waals surface area contributed by atoms with Gasteiger partial charge in [-0.2, -0.15) is 0 Å². The third kappa shape index (κ3) is 2.82. The number of benzene rings is 1. The third-order valence-electron chi connectivity index (χ3n) is 6.90. The predicted molar refractivity (Wildman–Crippen MR) is 121 cm³/mol. The smallest absolute Gasteiger partial charge is 0.287 e. The summed E-state index contributed by atoms with van der Waals surface area (Å²) in [5.74, 6) is 1.80. The van der Waals surface area contributed by atoms with E-state index in [0.29, 0.717) is 11.7 Å². The molecule has 4 aromatic heterocycles. The Morgan fingerprint density at radius 1 is 1.25 bits per heavy atom. The number of aromatic amines is 1. The number of aryl methyl sites for hydroxylation is 1. The lowest BCUT2D eigenvalue weighted by atomic mass is 9.93. The Bertz CT molecular complexity index is 1460. The van der Waals surface area contributed by atoms with Crippen LogP contribution in [0.25, 0.3) is 27.8 Å². The number of nitrogens with zero attached hydrogens (tertiary/aromatic N) is 4. The van der Waals surface area contributed by atoms with Gasteiger partial charge in [0.05, 0.1) is 11.7 Å². The van der Waals surface area contributed by atoms with Crippen LogP contribution in [-0.2, 0) is 0 Å². The van der Waals surface area contributed by atoms with Crippen molar-refractivity contribution in [3.63, 3.8) is 0 Å². The topological polar surface area (TPSA) is 101 Å². The molecule has 8 heteroatoms. The molecule has 0 saturated heterocycles. The second-order valence-corrected chi connectivity index (χ2v) is 8.69. The second kappa shape index (κ2) is 7.19. The molecule has 5 aromatic rings. The molecule has 0 spiro atoms. The Morgan fingerprint density at radius 2 is 2.12 bits per heavy atom. The summed E-state index contributed by atoms with van der Waals surface area (Å²) in [7, 11) is 0. The summed E-state index contributed by atoms with van der Waals surface area (Å²) in [6, 6.07) is 9.81. The summed E-state index contributed by atoms with van der Waals surface area (Å²) in [4.78, 5) is 20.7. The maximum atomic E-state index is 13.1. The Labute approximate surface area is 184 Å². The molecule has 2 N–H and O–H groups in total. The number of para-hydroxylation sites is 1. The number of H-pyrrole nitrogens is 1. The first kappa shape index (κ1) is 19.0. The van der Waals surface area contributed by atoms with Crippen LogP contribution in [0.4, 0.5) is 0 Å². The minimum Gasteiger partial charge on any atom is -0.451 e. The number of amides is 1. The zero-order chi connectivity index (χ0) is 21.8. The van der Waals surface area contributed by atoms with E-state index in [-0.39, 0.29) is 17.9 Å². The number of carbonyl (C=O) groups is 1. The third-order valence-corrected chi connectivity index (χ3v) is 6.90. The Balaban J connectivity index is 1.30. The van der Waals surface area contributed by atoms with E-state index in [1.807, 2.05) is 43.5 Å². The highest BCUT2D eigenvalue weighted by molar-refractivity contribution is 5.99. The van der Waals surface area contributed by atoms with Crippen molar-refractivity contribution in [2.24, 2.45) is 5.92 Å². The quantitative estimate of drug-likeness (QED) is 0.443. The molecule has 6 rings (SSSR count). The second-order valence-electron chi connectivity index (χ2n) is 8.69. The van der Waals surface area contributed by atoms with Gasteiger partial charge in [0, 0.05) is 29.1 Å². The Morgan fingerprint density at radius 3 is 2.97 bits per heavy atom. The van der Waals surface area contributed by atoms with Gasteiger partial charge in [-0.15, -0.1) is 10.2 Å². The van der Waals surface area contributed by atoms with Crippen LogP contribution < -0.4 is 5.32 Å². The lowest BCUT2D eigenvalue weighted by molar-refractivity contribution is 0.0910. The molecule has 0 bridgehead atoms. The first-order chi connectivity index (χ1) is 15.6. The molecule has 32 heavy (non-hydrogen) atoms. The van der Waals surface area contributed by atoms with Gasteiger partial charge < -0.3 is 14.7 Å². The number of nitrogens with one attached hydrogen (secondary N) is 2. The van der Waals surface area contributed by atoms with E-state index in [9.17, 15) is 4.79 Å². The van der Waals surface area contributed by atoms with Gasteiger partial charge in [0.15, 0.2) is 17.1 Å². The van der Waals surface area contributed by atoms with Crippen molar-refractivity contribution in [1.82, 2.24) is 29.9 Å². The van der Waals surface area contributed by atoms with Crippen molar-refractivity contribution in [1.29, 1.82) is 0 Å². The highest BCUT2D eigenvalue weighted by Gasteiger charge is 2.38. The first-order valence-electron chi connectivity index (χ1n) is 11.1. The number of rotatable bonds is 4. The fourth-order valence-corrected chi connectivity index (χ4v) is 5.29. The monoisotopic (exact) mass is 428 g/mol. The molecule has 1 aromatic carbocycles. The normalized spacial score (nSPS) is 21.1. The van der Waals surface area contributed by atoms with Gasteiger partial charge in [-0.05, 0) is 37.8 Å². The van der Waals surface area contributed by atoms with Gasteiger partial charge in [0.2, 0.25) is 0 Å². The fourth-order valence-electron chi connectivity index (χ4n) is 5.29. The van der Waals surface area contributed by atoms with Crippen molar-refractivity contribution in [2.75, 3.05) is 0 Å². The van der Waals surface area contributed by atoms with Crippen LogP contribution in [-0.4, -0.2) is 36.5 Å². The van der Waals surface area contributed by atoms with E-state index in [0.717, 1.165) is 58.4 Å². The number of furan rings is 1. The van der Waals surface area contributed by atoms with Crippen LogP contribution in [0, 0.1) is 12.8 Å². The molecule has 3 atom stereocenters. The van der Waals surface area contributed by atoms with E-state index in [1.54, 1.807) is 6.20 Å². The molecule has 4 heterocycles. The number of hydrogen-bond donors (Lipinski definition) is 2. The average Bonchev–Trinajstić information content (AvgIpc) is 3.57. The van der Waals surface area contributed by atoms with Gasteiger partial charge in [-0.3, -0.25) is 9.20 Å². The zero-order valence-electron chi connectivity index (χ0n) is 18.0. The van der Waals surface area contributed by atoms with Gasteiger partial charge in [0.1, 0.15) is 11.4 Å². The molecule has 8 nitrogen and oxygen atoms in total. The zero-order valence-corrected chi connectivity index (χ0v) is 18.0. The fraction of sp³-hybridized carbons (Fsp3) is 0.333. The highest BCUT2D eigenvalue weighted by atomic mass is 16.3. The molecule has 1 aliphatic carbocycles. The summed E-state index contributed by atoms with van der Waals surface area (Å²) < 4.78 is 7.97. The van der Waals surface area contributed by atoms with Crippen molar-refractivity contribution in [3.05, 3.63) is 59.9 Å². The van der Waals surface area contributed by atoms with Crippen LogP contribution in [0.1, 0.15) is 54.0 Å². The van der Waals surface area contributed by atoms with Gasteiger partial charge in [-0.1, -0.05) is 31.5 Å². The van der Waals surface area contributed by atoms with E-state index in [2.05, 4.69) is 36.8 Å². The van der Waals surface area contributed by atoms with Crippen LogP contribution >= 0.6 is 0 Å². The summed E-state index contributed by atoms with van der Waals surface area (Å²) >= 11 is 0. The highest BCUT2D eigenvalue weighted by Crippen LogP contribution is 2.41. The molecular formula is C24H24N6O2. The molecule has 0 aliphatic heterocycles. The van der Waals surface area contributed by atoms with Crippen LogP contribution in [0.3, 0.4) is 0 Å². The first-order valence-corrected chi connectivity index (χ1v) is 11.1. The summed E-state index contributed by atoms with van der Waals surface area (Å²) in [6.07, 6.45) is 6.36. The van der Waals surface area contributed by atoms with Crippen LogP contribution in [0.15, 0.2) is 47.1 Å². The molecule has 0 unspecified atom stereocenters. The van der Waals surface area contributed by atoms with Crippen molar-refractivity contribution < 1.29 is 9.21 Å². The Kier molecular flexibility index (Phi) is 4.28. The lowest BCUT2D eigenvalue weighted by Gasteiger charge is -2.15. The largest absolute Gasteiger partial charge is 0.451 e. The number of hydrogen-bond acceptors (Lipinski definition) is 5. The predicted octanol–water partition coefficient (Wildman–Crippen LogP) is 4.36. The SMILES string of the molecule is CC[C@@H]1C[C@H](NC(=O)c2oc3ccccc3c2C)C[C@@H]1c1nnc2cnc3[nH]ccc3n12. The summed E-state index contributed by atoms with van der Waals surface area (Å²) in [6.45, 7) is 4.13. The summed E-state index contributed by atoms with van der Waals surface area (Å²) in [5.41, 5.74) is 4.15. The average molecular weight is 428 g/mol. The molecule has 1 saturated carbocycles. The van der Waals surface area contributed by atoms with Crippen molar-refractivity contribution in [3.8, 4) is 0 Å². The Hall–Kier alpha value is -3.68. The van der Waals surface area contributed by atoms with E-state index < -0.39 is 0 Å². The van der Waals surface area contributed by atoms with E-state index >= 15 is 0 Å². The molecule has 0 radical (unpaired) electrons. The number of carbonyl (C=O) groups excluding carboxylic acids is 1. The van der Waals surface area contributed by atoms with Gasteiger partial charge in [0.25, 0.3) is 5.91 Å². The van der Waals surface area contributed by atoms with Crippen LogP contribution in [0.2, 0.25) is 0 Å². The van der Waals surface area contributed by atoms with Crippen molar-refractivity contribution in [2.45, 2.75) is 45.1 Å². The maximum absolute atomic E-state index is 13.1. The van der Waals surface area contributed by atoms with E-state index in [4.69, 9.17) is 4.42 Å². The molecule has 1 fully saturated rings. The number of fused-ring (bicyclic) bond motifs is 4. The summed E-state index contributed by atoms with van der Waals surface area (Å²) in [5, 5.41) is 13.1. The van der Waals surface area contributed by atoms with Crippen LogP contribution in [0.5, 0.6) is 0 Å². The minimum absolute atomic E-state index is 0.0564. The van der Waals surface area contributed by atoms with E-state index in [1.165, 1.54) is 0 Å². The number of aromatic nitrogens is 5. The molecular weight excluding hydrogens is 404 g/mol. The maximum Gasteiger partial charge on any atom is 0.287 e. The van der Waals surface area contributed by atoms with Gasteiger partial charge in [-0.25, -0.2) is 4.98 Å². The van der Waals surface area contributed by atoms with Crippen molar-refractivity contribution >= 4 is 33.7 Å². The molecule has 162 valence electrons. The molecule has 1 amide bonds. The minimum atomic E-state index is -0.150. The lowest BCUT2D eigenvalue weighted by Crippen LogP contribution is -2.33.